The molecule has 82 valence electrons. The summed E-state index contributed by atoms with van der Waals surface area (Å²) in [7, 11) is 3.57. The Morgan fingerprint density at radius 1 is 1.40 bits per heavy atom. The van der Waals surface area contributed by atoms with Crippen LogP contribution in [-0.2, 0) is 11.3 Å². The molecular formula is C12H18N2O. The maximum atomic E-state index is 11.8. The van der Waals surface area contributed by atoms with E-state index in [0.29, 0.717) is 0 Å². The minimum absolute atomic E-state index is 0. The van der Waals surface area contributed by atoms with Crippen LogP contribution in [0.3, 0.4) is 0 Å². The molecule has 1 unspecified atom stereocenters. The van der Waals surface area contributed by atoms with Crippen molar-refractivity contribution in [2.24, 2.45) is 0 Å². The summed E-state index contributed by atoms with van der Waals surface area (Å²) in [6.45, 7) is 0.792. The first-order chi connectivity index (χ1) is 6.70. The van der Waals surface area contributed by atoms with Crippen molar-refractivity contribution in [2.45, 2.75) is 20.0 Å². The fraction of sp³-hybridized carbons (Fsp3) is 0.417. The molecule has 0 aliphatic carbocycles. The molecule has 0 radical (unpaired) electrons. The number of rotatable bonds is 1. The van der Waals surface area contributed by atoms with Gasteiger partial charge in [-0.2, -0.15) is 0 Å². The largest absolute Gasteiger partial charge is 0.347 e. The summed E-state index contributed by atoms with van der Waals surface area (Å²) in [5.41, 5.74) is 2.35. The Kier molecular flexibility index (Phi) is 3.48. The number of nitrogens with one attached hydrogen (secondary N) is 1. The van der Waals surface area contributed by atoms with Gasteiger partial charge in [-0.25, -0.2) is 0 Å². The number of fused-ring (bicyclic) bond motifs is 1. The maximum absolute atomic E-state index is 11.8. The van der Waals surface area contributed by atoms with Crippen molar-refractivity contribution in [1.29, 1.82) is 0 Å². The predicted molar refractivity (Wildman–Crippen MR) is 61.4 cm³/mol. The standard InChI is InChI=1S/C11H14N2O.CH4/c1-13(2)11(14)10-9-6-4-3-5-8(9)7-12-10;/h3-6,10,12H,7H2,1-2H3;1H4. The molecule has 0 saturated carbocycles. The van der Waals surface area contributed by atoms with Gasteiger partial charge in [0.2, 0.25) is 5.91 Å². The van der Waals surface area contributed by atoms with E-state index in [4.69, 9.17) is 0 Å². The molecule has 1 aliphatic heterocycles. The van der Waals surface area contributed by atoms with Crippen LogP contribution in [0, 0.1) is 0 Å². The molecule has 15 heavy (non-hydrogen) atoms. The zero-order chi connectivity index (χ0) is 10.1. The third-order valence-corrected chi connectivity index (χ3v) is 2.55. The second-order valence-corrected chi connectivity index (χ2v) is 3.75. The van der Waals surface area contributed by atoms with E-state index in [1.807, 2.05) is 18.2 Å². The van der Waals surface area contributed by atoms with Gasteiger partial charge in [0.05, 0.1) is 0 Å². The zero-order valence-electron chi connectivity index (χ0n) is 8.45. The highest BCUT2D eigenvalue weighted by Crippen LogP contribution is 2.25. The topological polar surface area (TPSA) is 32.3 Å². The molecule has 3 nitrogen and oxygen atoms in total. The third kappa shape index (κ3) is 2.02. The van der Waals surface area contributed by atoms with Crippen LogP contribution in [0.5, 0.6) is 0 Å². The summed E-state index contributed by atoms with van der Waals surface area (Å²) in [4.78, 5) is 13.4. The molecule has 1 amide bonds. The molecule has 3 heteroatoms. The molecule has 0 fully saturated rings. The van der Waals surface area contributed by atoms with Crippen LogP contribution in [0.25, 0.3) is 0 Å². The molecule has 0 saturated heterocycles. The summed E-state index contributed by atoms with van der Waals surface area (Å²) in [5, 5.41) is 3.21. The molecule has 1 atom stereocenters. The van der Waals surface area contributed by atoms with Gasteiger partial charge in [-0.05, 0) is 11.1 Å². The van der Waals surface area contributed by atoms with Crippen LogP contribution in [0.15, 0.2) is 24.3 Å². The molecule has 0 aromatic heterocycles. The number of hydrogen-bond donors (Lipinski definition) is 1. The first-order valence-corrected chi connectivity index (χ1v) is 4.72. The van der Waals surface area contributed by atoms with Crippen molar-refractivity contribution in [3.05, 3.63) is 35.4 Å². The van der Waals surface area contributed by atoms with Crippen LogP contribution < -0.4 is 5.32 Å². The Balaban J connectivity index is 0.00000112. The molecule has 1 aliphatic rings. The van der Waals surface area contributed by atoms with E-state index in [1.54, 1.807) is 19.0 Å². The highest BCUT2D eigenvalue weighted by atomic mass is 16.2. The van der Waals surface area contributed by atoms with Gasteiger partial charge in [0.25, 0.3) is 0 Å². The maximum Gasteiger partial charge on any atom is 0.243 e. The molecule has 1 heterocycles. The average molecular weight is 206 g/mol. The fourth-order valence-corrected chi connectivity index (χ4v) is 1.78. The van der Waals surface area contributed by atoms with Crippen molar-refractivity contribution >= 4 is 5.91 Å². The summed E-state index contributed by atoms with van der Waals surface area (Å²) in [6.07, 6.45) is 0. The monoisotopic (exact) mass is 206 g/mol. The van der Waals surface area contributed by atoms with Gasteiger partial charge in [-0.3, -0.25) is 10.1 Å². The van der Waals surface area contributed by atoms with Gasteiger partial charge in [0.1, 0.15) is 6.04 Å². The number of carbonyl (C=O) groups excluding carboxylic acids is 1. The van der Waals surface area contributed by atoms with E-state index in [0.717, 1.165) is 12.1 Å². The van der Waals surface area contributed by atoms with Crippen LogP contribution in [-0.4, -0.2) is 24.9 Å². The van der Waals surface area contributed by atoms with E-state index in [1.165, 1.54) is 5.56 Å². The molecule has 2 rings (SSSR count). The molecule has 0 bridgehead atoms. The summed E-state index contributed by atoms with van der Waals surface area (Å²) < 4.78 is 0. The molecule has 0 spiro atoms. The minimum atomic E-state index is -0.152. The van der Waals surface area contributed by atoms with Gasteiger partial charge < -0.3 is 4.90 Å². The Hall–Kier alpha value is -1.35. The van der Waals surface area contributed by atoms with E-state index in [-0.39, 0.29) is 19.4 Å². The normalized spacial score (nSPS) is 17.9. The van der Waals surface area contributed by atoms with E-state index in [2.05, 4.69) is 11.4 Å². The lowest BCUT2D eigenvalue weighted by Crippen LogP contribution is -2.33. The van der Waals surface area contributed by atoms with E-state index >= 15 is 0 Å². The number of carbonyl (C=O) groups is 1. The number of likely N-dealkylation sites (N-methyl/N-ethyl adjacent to an activating group) is 1. The lowest BCUT2D eigenvalue weighted by Gasteiger charge is -2.16. The van der Waals surface area contributed by atoms with Gasteiger partial charge in [0, 0.05) is 20.6 Å². The summed E-state index contributed by atoms with van der Waals surface area (Å²) in [6, 6.07) is 7.90. The van der Waals surface area contributed by atoms with Gasteiger partial charge in [0.15, 0.2) is 0 Å². The fourth-order valence-electron chi connectivity index (χ4n) is 1.78. The molecular weight excluding hydrogens is 188 g/mol. The average Bonchev–Trinajstić information content (AvgIpc) is 2.60. The van der Waals surface area contributed by atoms with Crippen molar-refractivity contribution in [3.8, 4) is 0 Å². The van der Waals surface area contributed by atoms with Crippen molar-refractivity contribution in [2.75, 3.05) is 14.1 Å². The number of hydrogen-bond acceptors (Lipinski definition) is 2. The van der Waals surface area contributed by atoms with Gasteiger partial charge in [-0.15, -0.1) is 0 Å². The van der Waals surface area contributed by atoms with Gasteiger partial charge >= 0.3 is 0 Å². The second kappa shape index (κ2) is 4.45. The Morgan fingerprint density at radius 3 is 2.73 bits per heavy atom. The van der Waals surface area contributed by atoms with E-state index in [9.17, 15) is 4.79 Å². The molecule has 1 aromatic carbocycles. The summed E-state index contributed by atoms with van der Waals surface area (Å²) in [5.74, 6) is 0.120. The number of nitrogens with zero attached hydrogens (tertiary/aromatic N) is 1. The zero-order valence-corrected chi connectivity index (χ0v) is 8.45. The van der Waals surface area contributed by atoms with Crippen LogP contribution >= 0.6 is 0 Å². The third-order valence-electron chi connectivity index (χ3n) is 2.55. The SMILES string of the molecule is C.CN(C)C(=O)C1NCc2ccccc21. The van der Waals surface area contributed by atoms with Crippen LogP contribution in [0.1, 0.15) is 24.6 Å². The Labute approximate surface area is 91.1 Å². The Bertz CT molecular complexity index is 360. The quantitative estimate of drug-likeness (QED) is 0.756. The molecule has 1 aromatic rings. The highest BCUT2D eigenvalue weighted by molar-refractivity contribution is 5.84. The second-order valence-electron chi connectivity index (χ2n) is 3.75. The van der Waals surface area contributed by atoms with Crippen molar-refractivity contribution < 1.29 is 4.79 Å². The first kappa shape index (κ1) is 11.7. The van der Waals surface area contributed by atoms with Crippen LogP contribution in [0.2, 0.25) is 0 Å². The number of amides is 1. The van der Waals surface area contributed by atoms with Crippen molar-refractivity contribution in [1.82, 2.24) is 10.2 Å². The lowest BCUT2D eigenvalue weighted by atomic mass is 10.0. The smallest absolute Gasteiger partial charge is 0.243 e. The van der Waals surface area contributed by atoms with Crippen molar-refractivity contribution in [3.63, 3.8) is 0 Å². The number of benzene rings is 1. The van der Waals surface area contributed by atoms with Crippen LogP contribution in [0.4, 0.5) is 0 Å². The molecule has 1 N–H and O–H groups in total. The highest BCUT2D eigenvalue weighted by Gasteiger charge is 2.28. The van der Waals surface area contributed by atoms with Gasteiger partial charge in [-0.1, -0.05) is 31.7 Å². The van der Waals surface area contributed by atoms with E-state index < -0.39 is 0 Å². The summed E-state index contributed by atoms with van der Waals surface area (Å²) >= 11 is 0. The Morgan fingerprint density at radius 2 is 2.07 bits per heavy atom. The first-order valence-electron chi connectivity index (χ1n) is 4.72. The lowest BCUT2D eigenvalue weighted by molar-refractivity contribution is -0.130. The predicted octanol–water partition coefficient (Wildman–Crippen LogP) is 1.56. The minimum Gasteiger partial charge on any atom is -0.347 e.